The predicted octanol–water partition coefficient (Wildman–Crippen LogP) is 3.22. The summed E-state index contributed by atoms with van der Waals surface area (Å²) in [5.41, 5.74) is 4.08. The number of hydrogen-bond acceptors (Lipinski definition) is 3. The Labute approximate surface area is 178 Å². The lowest BCUT2D eigenvalue weighted by Gasteiger charge is -2.07. The van der Waals surface area contributed by atoms with Crippen LogP contribution in [0.2, 0.25) is 0 Å². The van der Waals surface area contributed by atoms with Crippen molar-refractivity contribution >= 4 is 28.1 Å². The van der Waals surface area contributed by atoms with Gasteiger partial charge in [-0.05, 0) is 41.5 Å². The molecule has 0 saturated carbocycles. The quantitative estimate of drug-likeness (QED) is 0.483. The third-order valence-electron chi connectivity index (χ3n) is 5.36. The number of nitrogens with zero attached hydrogens (tertiary/aromatic N) is 4. The Hall–Kier alpha value is -4.13. The van der Waals surface area contributed by atoms with E-state index < -0.39 is 0 Å². The number of aryl methyl sites for hydroxylation is 1. The largest absolute Gasteiger partial charge is 0.350 e. The van der Waals surface area contributed by atoms with E-state index in [-0.39, 0.29) is 18.0 Å². The second-order valence-corrected chi connectivity index (χ2v) is 7.58. The Morgan fingerprint density at radius 3 is 2.74 bits per heavy atom. The van der Waals surface area contributed by atoms with Crippen molar-refractivity contribution in [3.05, 3.63) is 101 Å². The molecule has 2 aromatic carbocycles. The van der Waals surface area contributed by atoms with Crippen molar-refractivity contribution in [3.63, 3.8) is 0 Å². The van der Waals surface area contributed by atoms with Crippen LogP contribution in [0, 0.1) is 0 Å². The van der Waals surface area contributed by atoms with Crippen LogP contribution in [0.25, 0.3) is 16.6 Å². The second-order valence-electron chi connectivity index (χ2n) is 7.58. The number of carbonyl (C=O) groups is 1. The van der Waals surface area contributed by atoms with Crippen molar-refractivity contribution in [2.45, 2.75) is 13.0 Å². The topological polar surface area (TPSA) is 73.3 Å². The smallest absolute Gasteiger partial charge is 0.350 e. The van der Waals surface area contributed by atoms with Crippen LogP contribution in [0.3, 0.4) is 0 Å². The maximum absolute atomic E-state index is 12.7. The number of anilines is 1. The first-order chi connectivity index (χ1) is 15.1. The summed E-state index contributed by atoms with van der Waals surface area (Å²) in [5, 5.41) is 8.42. The standard InChI is InChI=1S/C24H21N5O2/c1-27-16-18(20-9-2-3-10-21(20)27)14-23(30)25-19-8-6-7-17(13-19)15-29-24(31)28-12-5-4-11-22(28)26-29/h2-13,16H,14-15H2,1H3,(H,25,30). The van der Waals surface area contributed by atoms with Crippen molar-refractivity contribution in [1.82, 2.24) is 18.7 Å². The molecule has 0 saturated heterocycles. The monoisotopic (exact) mass is 411 g/mol. The number of rotatable bonds is 5. The van der Waals surface area contributed by atoms with E-state index in [2.05, 4.69) is 10.4 Å². The van der Waals surface area contributed by atoms with Gasteiger partial charge in [0.25, 0.3) is 0 Å². The Kier molecular flexibility index (Phi) is 4.63. The molecule has 7 heteroatoms. The first kappa shape index (κ1) is 18.9. The number of para-hydroxylation sites is 1. The van der Waals surface area contributed by atoms with E-state index in [1.807, 2.05) is 72.4 Å². The molecule has 5 rings (SSSR count). The molecule has 3 aromatic heterocycles. The van der Waals surface area contributed by atoms with Crippen molar-refractivity contribution < 1.29 is 4.79 Å². The van der Waals surface area contributed by atoms with Crippen LogP contribution in [-0.4, -0.2) is 24.7 Å². The molecule has 0 bridgehead atoms. The van der Waals surface area contributed by atoms with Gasteiger partial charge in [-0.1, -0.05) is 36.4 Å². The Balaban J connectivity index is 1.33. The van der Waals surface area contributed by atoms with Crippen LogP contribution in [0.1, 0.15) is 11.1 Å². The van der Waals surface area contributed by atoms with Gasteiger partial charge in [-0.15, -0.1) is 5.10 Å². The van der Waals surface area contributed by atoms with E-state index in [1.165, 1.54) is 9.08 Å². The maximum Gasteiger partial charge on any atom is 0.350 e. The highest BCUT2D eigenvalue weighted by Gasteiger charge is 2.11. The highest BCUT2D eigenvalue weighted by atomic mass is 16.2. The minimum Gasteiger partial charge on any atom is -0.350 e. The molecule has 0 unspecified atom stereocenters. The molecule has 0 aliphatic carbocycles. The van der Waals surface area contributed by atoms with Gasteiger partial charge >= 0.3 is 5.69 Å². The minimum absolute atomic E-state index is 0.0848. The van der Waals surface area contributed by atoms with E-state index in [0.29, 0.717) is 17.9 Å². The van der Waals surface area contributed by atoms with Gasteiger partial charge in [0, 0.05) is 36.0 Å². The van der Waals surface area contributed by atoms with E-state index in [4.69, 9.17) is 0 Å². The zero-order chi connectivity index (χ0) is 21.4. The summed E-state index contributed by atoms with van der Waals surface area (Å²) < 4.78 is 4.97. The number of hydrogen-bond donors (Lipinski definition) is 1. The molecule has 0 aliphatic heterocycles. The van der Waals surface area contributed by atoms with Gasteiger partial charge in [0.1, 0.15) is 0 Å². The third-order valence-corrected chi connectivity index (χ3v) is 5.36. The fourth-order valence-electron chi connectivity index (χ4n) is 3.94. The lowest BCUT2D eigenvalue weighted by Crippen LogP contribution is -2.21. The first-order valence-electron chi connectivity index (χ1n) is 10.0. The van der Waals surface area contributed by atoms with Crippen molar-refractivity contribution in [3.8, 4) is 0 Å². The van der Waals surface area contributed by atoms with Crippen LogP contribution < -0.4 is 11.0 Å². The average Bonchev–Trinajstić information content (AvgIpc) is 3.25. The highest BCUT2D eigenvalue weighted by Crippen LogP contribution is 2.21. The Morgan fingerprint density at radius 1 is 1.03 bits per heavy atom. The molecule has 31 heavy (non-hydrogen) atoms. The van der Waals surface area contributed by atoms with Crippen LogP contribution in [0.5, 0.6) is 0 Å². The summed E-state index contributed by atoms with van der Waals surface area (Å²) in [4.78, 5) is 25.2. The van der Waals surface area contributed by atoms with Crippen molar-refractivity contribution in [2.24, 2.45) is 7.05 Å². The van der Waals surface area contributed by atoms with Gasteiger partial charge in [-0.2, -0.15) is 0 Å². The molecule has 1 amide bonds. The number of aromatic nitrogens is 4. The Morgan fingerprint density at radius 2 is 1.87 bits per heavy atom. The molecule has 0 atom stereocenters. The van der Waals surface area contributed by atoms with Gasteiger partial charge in [-0.25, -0.2) is 9.48 Å². The van der Waals surface area contributed by atoms with Crippen LogP contribution in [0.4, 0.5) is 5.69 Å². The lowest BCUT2D eigenvalue weighted by molar-refractivity contribution is -0.115. The number of benzene rings is 2. The zero-order valence-electron chi connectivity index (χ0n) is 17.0. The number of fused-ring (bicyclic) bond motifs is 2. The normalized spacial score (nSPS) is 11.3. The highest BCUT2D eigenvalue weighted by molar-refractivity contribution is 5.96. The van der Waals surface area contributed by atoms with E-state index in [1.54, 1.807) is 18.3 Å². The van der Waals surface area contributed by atoms with Gasteiger partial charge in [0.2, 0.25) is 5.91 Å². The van der Waals surface area contributed by atoms with Crippen LogP contribution >= 0.6 is 0 Å². The fourth-order valence-corrected chi connectivity index (χ4v) is 3.94. The molecule has 0 spiro atoms. The molecule has 0 radical (unpaired) electrons. The van der Waals surface area contributed by atoms with E-state index in [0.717, 1.165) is 22.0 Å². The number of nitrogens with one attached hydrogen (secondary N) is 1. The first-order valence-corrected chi connectivity index (χ1v) is 10.0. The predicted molar refractivity (Wildman–Crippen MR) is 120 cm³/mol. The van der Waals surface area contributed by atoms with Crippen LogP contribution in [0.15, 0.2) is 83.9 Å². The molecule has 1 N–H and O–H groups in total. The number of pyridine rings is 1. The summed E-state index contributed by atoms with van der Waals surface area (Å²) in [5.74, 6) is -0.0848. The molecular weight excluding hydrogens is 390 g/mol. The Bertz CT molecular complexity index is 1470. The summed E-state index contributed by atoms with van der Waals surface area (Å²) >= 11 is 0. The van der Waals surface area contributed by atoms with E-state index >= 15 is 0 Å². The van der Waals surface area contributed by atoms with Gasteiger partial charge in [0.05, 0.1) is 13.0 Å². The summed E-state index contributed by atoms with van der Waals surface area (Å²) in [7, 11) is 1.98. The minimum atomic E-state index is -0.194. The SMILES string of the molecule is Cn1cc(CC(=O)Nc2cccc(Cn3nc4ccccn4c3=O)c2)c2ccccc21. The van der Waals surface area contributed by atoms with E-state index in [9.17, 15) is 9.59 Å². The molecule has 154 valence electrons. The summed E-state index contributed by atoms with van der Waals surface area (Å²) in [6.07, 6.45) is 3.99. The molecule has 0 aliphatic rings. The van der Waals surface area contributed by atoms with Crippen molar-refractivity contribution in [2.75, 3.05) is 5.32 Å². The summed E-state index contributed by atoms with van der Waals surface area (Å²) in [6.45, 7) is 0.327. The van der Waals surface area contributed by atoms with Crippen molar-refractivity contribution in [1.29, 1.82) is 0 Å². The molecule has 7 nitrogen and oxygen atoms in total. The number of carbonyl (C=O) groups excluding carboxylic acids is 1. The molecule has 0 fully saturated rings. The van der Waals surface area contributed by atoms with Gasteiger partial charge in [-0.3, -0.25) is 9.20 Å². The third kappa shape index (κ3) is 3.61. The molecule has 5 aromatic rings. The zero-order valence-corrected chi connectivity index (χ0v) is 17.0. The molecular formula is C24H21N5O2. The lowest BCUT2D eigenvalue weighted by atomic mass is 10.1. The molecule has 3 heterocycles. The fraction of sp³-hybridized carbons (Fsp3) is 0.125. The second kappa shape index (κ2) is 7.60. The maximum atomic E-state index is 12.7. The summed E-state index contributed by atoms with van der Waals surface area (Å²) in [6, 6.07) is 21.0. The van der Waals surface area contributed by atoms with Gasteiger partial charge in [0.15, 0.2) is 5.65 Å². The number of amides is 1. The van der Waals surface area contributed by atoms with Crippen LogP contribution in [-0.2, 0) is 24.8 Å². The average molecular weight is 411 g/mol. The van der Waals surface area contributed by atoms with Gasteiger partial charge < -0.3 is 9.88 Å².